The van der Waals surface area contributed by atoms with Crippen LogP contribution in [0.1, 0.15) is 58.8 Å². The van der Waals surface area contributed by atoms with Gasteiger partial charge in [0.25, 0.3) is 10.1 Å². The second-order valence-electron chi connectivity index (χ2n) is 9.14. The van der Waals surface area contributed by atoms with E-state index in [2.05, 4.69) is 19.9 Å². The Balaban J connectivity index is 1.66. The van der Waals surface area contributed by atoms with Gasteiger partial charge in [-0.25, -0.2) is 0 Å². The van der Waals surface area contributed by atoms with Crippen LogP contribution >= 0.6 is 0 Å². The standard InChI is InChI=1S/C20H28O4S/c1-19-9-7-13(12-25(22,23)24)11-14(19)3-4-15-16-5-6-18(21)20(16,2)10-8-17(15)19/h3,11,15-17H,4-10,12H2,1-2H3,(H,22,23,24)/t15-,16-,17-,19-,20-/m0/s1. The summed E-state index contributed by atoms with van der Waals surface area (Å²) in [4.78, 5) is 12.4. The Morgan fingerprint density at radius 1 is 1.12 bits per heavy atom. The molecule has 0 aromatic carbocycles. The minimum atomic E-state index is -3.96. The van der Waals surface area contributed by atoms with Crippen LogP contribution in [0.15, 0.2) is 23.3 Å². The molecule has 0 aromatic rings. The zero-order chi connectivity index (χ0) is 18.0. The number of allylic oxidation sites excluding steroid dienone is 3. The van der Waals surface area contributed by atoms with Gasteiger partial charge in [-0.05, 0) is 67.3 Å². The van der Waals surface area contributed by atoms with Gasteiger partial charge in [0, 0.05) is 11.8 Å². The van der Waals surface area contributed by atoms with Crippen molar-refractivity contribution in [2.75, 3.05) is 5.75 Å². The molecule has 0 heterocycles. The van der Waals surface area contributed by atoms with E-state index in [-0.39, 0.29) is 16.6 Å². The van der Waals surface area contributed by atoms with Crippen LogP contribution in [0.25, 0.3) is 0 Å². The first kappa shape index (κ1) is 17.5. The fourth-order valence-electron chi connectivity index (χ4n) is 6.50. The number of Topliss-reactive ketones (excluding diaryl/α,β-unsaturated/α-hetero) is 1. The van der Waals surface area contributed by atoms with Crippen LogP contribution in [0.3, 0.4) is 0 Å². The molecule has 0 aromatic heterocycles. The Kier molecular flexibility index (Phi) is 3.86. The molecule has 0 bridgehead atoms. The van der Waals surface area contributed by atoms with E-state index in [4.69, 9.17) is 4.55 Å². The maximum absolute atomic E-state index is 12.4. The van der Waals surface area contributed by atoms with Gasteiger partial charge < -0.3 is 0 Å². The topological polar surface area (TPSA) is 71.4 Å². The molecule has 4 nitrogen and oxygen atoms in total. The number of hydrogen-bond acceptors (Lipinski definition) is 3. The molecule has 5 heteroatoms. The molecule has 2 saturated carbocycles. The summed E-state index contributed by atoms with van der Waals surface area (Å²) in [7, 11) is -3.96. The first-order chi connectivity index (χ1) is 11.6. The lowest BCUT2D eigenvalue weighted by Crippen LogP contribution is -2.49. The smallest absolute Gasteiger partial charge is 0.268 e. The highest BCUT2D eigenvalue weighted by atomic mass is 32.2. The van der Waals surface area contributed by atoms with Crippen molar-refractivity contribution in [2.24, 2.45) is 28.6 Å². The molecule has 4 aliphatic rings. The van der Waals surface area contributed by atoms with Crippen LogP contribution in [-0.2, 0) is 14.9 Å². The van der Waals surface area contributed by atoms with E-state index in [1.807, 2.05) is 6.08 Å². The fourth-order valence-corrected chi connectivity index (χ4v) is 7.20. The monoisotopic (exact) mass is 364 g/mol. The van der Waals surface area contributed by atoms with Gasteiger partial charge in [0.05, 0.1) is 5.75 Å². The molecule has 4 aliphatic carbocycles. The van der Waals surface area contributed by atoms with Gasteiger partial charge in [-0.1, -0.05) is 31.6 Å². The molecule has 4 rings (SSSR count). The van der Waals surface area contributed by atoms with Gasteiger partial charge in [-0.3, -0.25) is 9.35 Å². The van der Waals surface area contributed by atoms with Crippen molar-refractivity contribution in [1.82, 2.24) is 0 Å². The Morgan fingerprint density at radius 2 is 1.84 bits per heavy atom. The second-order valence-corrected chi connectivity index (χ2v) is 10.6. The van der Waals surface area contributed by atoms with Crippen molar-refractivity contribution in [1.29, 1.82) is 0 Å². The lowest BCUT2D eigenvalue weighted by molar-refractivity contribution is -0.131. The Morgan fingerprint density at radius 3 is 2.56 bits per heavy atom. The Hall–Kier alpha value is -0.940. The summed E-state index contributed by atoms with van der Waals surface area (Å²) >= 11 is 0. The lowest BCUT2D eigenvalue weighted by atomic mass is 9.48. The number of hydrogen-bond donors (Lipinski definition) is 1. The van der Waals surface area contributed by atoms with Crippen molar-refractivity contribution in [3.05, 3.63) is 23.3 Å². The summed E-state index contributed by atoms with van der Waals surface area (Å²) in [5.74, 6) is 1.89. The molecule has 0 unspecified atom stereocenters. The Labute approximate surface area is 150 Å². The maximum Gasteiger partial charge on any atom is 0.268 e. The third-order valence-corrected chi connectivity index (χ3v) is 8.66. The van der Waals surface area contributed by atoms with Gasteiger partial charge in [0.2, 0.25) is 0 Å². The fraction of sp³-hybridized carbons (Fsp3) is 0.750. The SMILES string of the molecule is C[C@]12CCC(CS(=O)(=O)O)=CC1=CC[C@@H]1[C@@H]2CC[C@]2(C)C(=O)CC[C@@H]12. The molecule has 1 N–H and O–H groups in total. The average molecular weight is 365 g/mol. The van der Waals surface area contributed by atoms with Gasteiger partial charge in [0.1, 0.15) is 5.78 Å². The van der Waals surface area contributed by atoms with Crippen molar-refractivity contribution < 1.29 is 17.8 Å². The molecule has 0 amide bonds. The van der Waals surface area contributed by atoms with Crippen molar-refractivity contribution >= 4 is 15.9 Å². The van der Waals surface area contributed by atoms with E-state index in [0.29, 0.717) is 23.5 Å². The van der Waals surface area contributed by atoms with Crippen LogP contribution in [-0.4, -0.2) is 24.5 Å². The van der Waals surface area contributed by atoms with Crippen LogP contribution in [0.5, 0.6) is 0 Å². The zero-order valence-electron chi connectivity index (χ0n) is 15.1. The zero-order valence-corrected chi connectivity index (χ0v) is 15.9. The maximum atomic E-state index is 12.4. The number of carbonyl (C=O) groups excluding carboxylic acids is 1. The highest BCUT2D eigenvalue weighted by Gasteiger charge is 2.58. The molecule has 0 radical (unpaired) electrons. The highest BCUT2D eigenvalue weighted by molar-refractivity contribution is 7.86. The third-order valence-electron chi connectivity index (χ3n) is 7.93. The summed E-state index contributed by atoms with van der Waals surface area (Å²) in [6.45, 7) is 4.52. The van der Waals surface area contributed by atoms with Crippen LogP contribution < -0.4 is 0 Å². The molecule has 5 atom stereocenters. The predicted octanol–water partition coefficient (Wildman–Crippen LogP) is 3.94. The Bertz CT molecular complexity index is 778. The van der Waals surface area contributed by atoms with Crippen LogP contribution in [0.2, 0.25) is 0 Å². The molecule has 0 saturated heterocycles. The molecular weight excluding hydrogens is 336 g/mol. The van der Waals surface area contributed by atoms with E-state index in [0.717, 1.165) is 50.5 Å². The number of carbonyl (C=O) groups is 1. The lowest BCUT2D eigenvalue weighted by Gasteiger charge is -2.55. The van der Waals surface area contributed by atoms with Gasteiger partial charge in [-0.2, -0.15) is 8.42 Å². The summed E-state index contributed by atoms with van der Waals surface area (Å²) in [5, 5.41) is 0. The van der Waals surface area contributed by atoms with E-state index in [1.165, 1.54) is 5.57 Å². The van der Waals surface area contributed by atoms with Crippen molar-refractivity contribution in [2.45, 2.75) is 58.8 Å². The summed E-state index contributed by atoms with van der Waals surface area (Å²) in [5.41, 5.74) is 2.05. The summed E-state index contributed by atoms with van der Waals surface area (Å²) < 4.78 is 31.6. The van der Waals surface area contributed by atoms with Crippen LogP contribution in [0, 0.1) is 28.6 Å². The minimum Gasteiger partial charge on any atom is -0.299 e. The van der Waals surface area contributed by atoms with Gasteiger partial charge in [-0.15, -0.1) is 0 Å². The third kappa shape index (κ3) is 2.66. The van der Waals surface area contributed by atoms with Crippen LogP contribution in [0.4, 0.5) is 0 Å². The first-order valence-electron chi connectivity index (χ1n) is 9.52. The summed E-state index contributed by atoms with van der Waals surface area (Å²) in [6.07, 6.45) is 10.9. The first-order valence-corrected chi connectivity index (χ1v) is 11.1. The van der Waals surface area contributed by atoms with Crippen molar-refractivity contribution in [3.63, 3.8) is 0 Å². The normalized spacial score (nSPS) is 43.6. The molecule has 0 spiro atoms. The van der Waals surface area contributed by atoms with Crippen molar-refractivity contribution in [3.8, 4) is 0 Å². The van der Waals surface area contributed by atoms with E-state index >= 15 is 0 Å². The highest BCUT2D eigenvalue weighted by Crippen LogP contribution is 2.63. The van der Waals surface area contributed by atoms with Gasteiger partial charge >= 0.3 is 0 Å². The van der Waals surface area contributed by atoms with E-state index in [1.54, 1.807) is 0 Å². The molecule has 0 aliphatic heterocycles. The number of fused-ring (bicyclic) bond motifs is 5. The molecule has 2 fully saturated rings. The molecule has 25 heavy (non-hydrogen) atoms. The largest absolute Gasteiger partial charge is 0.299 e. The molecular formula is C20H28O4S. The quantitative estimate of drug-likeness (QED) is 0.753. The molecule has 138 valence electrons. The predicted molar refractivity (Wildman–Crippen MR) is 96.6 cm³/mol. The minimum absolute atomic E-state index is 0.0819. The number of ketones is 1. The average Bonchev–Trinajstić information content (AvgIpc) is 2.82. The second kappa shape index (κ2) is 5.53. The van der Waals surface area contributed by atoms with Gasteiger partial charge in [0.15, 0.2) is 0 Å². The van der Waals surface area contributed by atoms with E-state index in [9.17, 15) is 13.2 Å². The number of rotatable bonds is 2. The summed E-state index contributed by atoms with van der Waals surface area (Å²) in [6, 6.07) is 0. The van der Waals surface area contributed by atoms with E-state index < -0.39 is 10.1 Å².